The lowest BCUT2D eigenvalue weighted by Gasteiger charge is -2.12. The van der Waals surface area contributed by atoms with Crippen LogP contribution in [-0.2, 0) is 0 Å². The first-order valence-corrected chi connectivity index (χ1v) is 6.76. The van der Waals surface area contributed by atoms with E-state index in [1.54, 1.807) is 0 Å². The molecule has 0 spiro atoms. The topological polar surface area (TPSA) is 43.8 Å². The van der Waals surface area contributed by atoms with Gasteiger partial charge in [0.15, 0.2) is 0 Å². The maximum absolute atomic E-state index is 6.04. The molecule has 0 aliphatic carbocycles. The first-order valence-electron chi connectivity index (χ1n) is 6.76. The van der Waals surface area contributed by atoms with E-state index >= 15 is 0 Å². The molecule has 3 nitrogen and oxygen atoms in total. The van der Waals surface area contributed by atoms with Crippen molar-refractivity contribution >= 4 is 5.69 Å². The van der Waals surface area contributed by atoms with Crippen LogP contribution in [0.3, 0.4) is 0 Å². The van der Waals surface area contributed by atoms with Crippen LogP contribution in [0.1, 0.15) is 47.8 Å². The van der Waals surface area contributed by atoms with Gasteiger partial charge in [-0.15, -0.1) is 0 Å². The van der Waals surface area contributed by atoms with Crippen molar-refractivity contribution in [3.63, 3.8) is 0 Å². The summed E-state index contributed by atoms with van der Waals surface area (Å²) in [5, 5.41) is 4.69. The minimum Gasteiger partial charge on any atom is -0.398 e. The van der Waals surface area contributed by atoms with Crippen LogP contribution in [0.2, 0.25) is 0 Å². The average Bonchev–Trinajstić information content (AvgIpc) is 2.59. The third-order valence-corrected chi connectivity index (χ3v) is 3.74. The monoisotopic (exact) mass is 257 g/mol. The third kappa shape index (κ3) is 2.25. The van der Waals surface area contributed by atoms with Crippen molar-refractivity contribution in [3.8, 4) is 5.69 Å². The fraction of sp³-hybridized carbons (Fsp3) is 0.438. The Bertz CT molecular complexity index is 621. The van der Waals surface area contributed by atoms with Crippen LogP contribution in [0.5, 0.6) is 0 Å². The van der Waals surface area contributed by atoms with Crippen LogP contribution in [0.4, 0.5) is 5.69 Å². The molecule has 0 bridgehead atoms. The molecular formula is C16H23N3. The van der Waals surface area contributed by atoms with Gasteiger partial charge in [0.25, 0.3) is 0 Å². The van der Waals surface area contributed by atoms with E-state index < -0.39 is 0 Å². The zero-order chi connectivity index (χ0) is 14.3. The van der Waals surface area contributed by atoms with E-state index in [2.05, 4.69) is 40.7 Å². The molecule has 2 rings (SSSR count). The number of hydrogen-bond acceptors (Lipinski definition) is 2. The van der Waals surface area contributed by atoms with E-state index in [4.69, 9.17) is 10.8 Å². The Balaban J connectivity index is 2.67. The lowest BCUT2D eigenvalue weighted by atomic mass is 10.0. The second-order valence-corrected chi connectivity index (χ2v) is 5.65. The molecule has 0 aliphatic rings. The van der Waals surface area contributed by atoms with E-state index in [0.29, 0.717) is 5.92 Å². The molecule has 0 radical (unpaired) electrons. The van der Waals surface area contributed by atoms with E-state index in [9.17, 15) is 0 Å². The van der Waals surface area contributed by atoms with Crippen LogP contribution in [0.15, 0.2) is 12.1 Å². The first kappa shape index (κ1) is 13.7. The predicted molar refractivity (Wildman–Crippen MR) is 81.0 cm³/mol. The zero-order valence-corrected chi connectivity index (χ0v) is 12.7. The van der Waals surface area contributed by atoms with Crippen LogP contribution in [-0.4, -0.2) is 9.78 Å². The van der Waals surface area contributed by atoms with E-state index in [0.717, 1.165) is 22.6 Å². The van der Waals surface area contributed by atoms with Gasteiger partial charge in [-0.05, 0) is 56.4 Å². The summed E-state index contributed by atoms with van der Waals surface area (Å²) in [4.78, 5) is 0. The molecule has 1 aromatic carbocycles. The highest BCUT2D eigenvalue weighted by Crippen LogP contribution is 2.28. The van der Waals surface area contributed by atoms with E-state index in [1.165, 1.54) is 16.8 Å². The molecule has 0 saturated carbocycles. The number of nitrogens with two attached hydrogens (primary N) is 1. The number of aryl methyl sites for hydroxylation is 3. The van der Waals surface area contributed by atoms with Gasteiger partial charge in [-0.3, -0.25) is 0 Å². The Morgan fingerprint density at radius 3 is 2.21 bits per heavy atom. The van der Waals surface area contributed by atoms with Crippen molar-refractivity contribution in [2.24, 2.45) is 0 Å². The van der Waals surface area contributed by atoms with Crippen LogP contribution >= 0.6 is 0 Å². The number of aromatic nitrogens is 2. The SMILES string of the molecule is Cc1cc(C)c(-n2nc(C)c(C(C)C)c2C)cc1N. The summed E-state index contributed by atoms with van der Waals surface area (Å²) < 4.78 is 2.02. The molecule has 0 saturated heterocycles. The fourth-order valence-electron chi connectivity index (χ4n) is 2.81. The summed E-state index contributed by atoms with van der Waals surface area (Å²) in [6, 6.07) is 4.14. The molecule has 1 aromatic heterocycles. The predicted octanol–water partition coefficient (Wildman–Crippen LogP) is 3.81. The summed E-state index contributed by atoms with van der Waals surface area (Å²) in [6.45, 7) is 12.8. The largest absolute Gasteiger partial charge is 0.398 e. The molecule has 19 heavy (non-hydrogen) atoms. The van der Waals surface area contributed by atoms with Crippen molar-refractivity contribution in [3.05, 3.63) is 40.2 Å². The molecule has 1 heterocycles. The van der Waals surface area contributed by atoms with Crippen molar-refractivity contribution in [2.75, 3.05) is 5.73 Å². The number of nitrogen functional groups attached to an aromatic ring is 1. The van der Waals surface area contributed by atoms with Gasteiger partial charge in [0.2, 0.25) is 0 Å². The highest BCUT2D eigenvalue weighted by molar-refractivity contribution is 5.57. The summed E-state index contributed by atoms with van der Waals surface area (Å²) in [5.41, 5.74) is 13.9. The van der Waals surface area contributed by atoms with Gasteiger partial charge in [0.05, 0.1) is 11.4 Å². The maximum atomic E-state index is 6.04. The van der Waals surface area contributed by atoms with Gasteiger partial charge >= 0.3 is 0 Å². The van der Waals surface area contributed by atoms with Gasteiger partial charge in [0, 0.05) is 11.4 Å². The van der Waals surface area contributed by atoms with Crippen molar-refractivity contribution in [2.45, 2.75) is 47.5 Å². The van der Waals surface area contributed by atoms with Gasteiger partial charge in [-0.1, -0.05) is 19.9 Å². The summed E-state index contributed by atoms with van der Waals surface area (Å²) in [7, 11) is 0. The Hall–Kier alpha value is -1.77. The van der Waals surface area contributed by atoms with Gasteiger partial charge in [-0.25, -0.2) is 4.68 Å². The molecule has 3 heteroatoms. The number of rotatable bonds is 2. The lowest BCUT2D eigenvalue weighted by Crippen LogP contribution is -2.04. The summed E-state index contributed by atoms with van der Waals surface area (Å²) >= 11 is 0. The van der Waals surface area contributed by atoms with Gasteiger partial charge in [0.1, 0.15) is 0 Å². The smallest absolute Gasteiger partial charge is 0.0698 e. The Labute approximate surface area is 115 Å². The first-order chi connectivity index (χ1) is 8.82. The maximum Gasteiger partial charge on any atom is 0.0698 e. The Morgan fingerprint density at radius 2 is 1.68 bits per heavy atom. The fourth-order valence-corrected chi connectivity index (χ4v) is 2.81. The Kier molecular flexibility index (Phi) is 3.40. The number of benzene rings is 1. The highest BCUT2D eigenvalue weighted by Gasteiger charge is 2.16. The van der Waals surface area contributed by atoms with Crippen molar-refractivity contribution < 1.29 is 0 Å². The molecule has 0 aliphatic heterocycles. The molecule has 2 N–H and O–H groups in total. The normalized spacial score (nSPS) is 11.3. The second-order valence-electron chi connectivity index (χ2n) is 5.65. The quantitative estimate of drug-likeness (QED) is 0.831. The third-order valence-electron chi connectivity index (χ3n) is 3.74. The Morgan fingerprint density at radius 1 is 1.05 bits per heavy atom. The van der Waals surface area contributed by atoms with E-state index in [1.807, 2.05) is 17.7 Å². The van der Waals surface area contributed by atoms with Crippen LogP contribution in [0, 0.1) is 27.7 Å². The number of nitrogens with zero attached hydrogens (tertiary/aromatic N) is 2. The molecule has 0 unspecified atom stereocenters. The van der Waals surface area contributed by atoms with E-state index in [-0.39, 0.29) is 0 Å². The molecule has 0 atom stereocenters. The van der Waals surface area contributed by atoms with Crippen LogP contribution < -0.4 is 5.73 Å². The second kappa shape index (κ2) is 4.72. The summed E-state index contributed by atoms with van der Waals surface area (Å²) in [6.07, 6.45) is 0. The highest BCUT2D eigenvalue weighted by atomic mass is 15.3. The number of anilines is 1. The molecular weight excluding hydrogens is 234 g/mol. The van der Waals surface area contributed by atoms with Gasteiger partial charge < -0.3 is 5.73 Å². The molecule has 0 fully saturated rings. The number of hydrogen-bond donors (Lipinski definition) is 1. The minimum absolute atomic E-state index is 0.483. The van der Waals surface area contributed by atoms with Crippen molar-refractivity contribution in [1.82, 2.24) is 9.78 Å². The van der Waals surface area contributed by atoms with Crippen molar-refractivity contribution in [1.29, 1.82) is 0 Å². The molecule has 102 valence electrons. The van der Waals surface area contributed by atoms with Gasteiger partial charge in [-0.2, -0.15) is 5.10 Å². The minimum atomic E-state index is 0.483. The average molecular weight is 257 g/mol. The summed E-state index contributed by atoms with van der Waals surface area (Å²) in [5.74, 6) is 0.483. The standard InChI is InChI=1S/C16H23N3/c1-9(2)16-12(5)18-19(13(16)6)15-8-14(17)10(3)7-11(15)4/h7-9H,17H2,1-6H3. The molecule has 2 aromatic rings. The lowest BCUT2D eigenvalue weighted by molar-refractivity contribution is 0.818. The van der Waals surface area contributed by atoms with Crippen LogP contribution in [0.25, 0.3) is 5.69 Å². The zero-order valence-electron chi connectivity index (χ0n) is 12.7. The molecule has 0 amide bonds.